The van der Waals surface area contributed by atoms with Gasteiger partial charge in [-0.1, -0.05) is 0 Å². The van der Waals surface area contributed by atoms with E-state index in [1.54, 1.807) is 20.2 Å². The predicted octanol–water partition coefficient (Wildman–Crippen LogP) is 2.08. The molecule has 0 unspecified atom stereocenters. The Morgan fingerprint density at radius 2 is 2.11 bits per heavy atom. The Kier molecular flexibility index (Phi) is 4.00. The van der Waals surface area contributed by atoms with Crippen molar-refractivity contribution in [2.75, 3.05) is 30.0 Å². The number of carbonyl (C=O) groups is 1. The van der Waals surface area contributed by atoms with E-state index in [0.717, 1.165) is 5.69 Å². The van der Waals surface area contributed by atoms with E-state index in [9.17, 15) is 4.79 Å². The minimum atomic E-state index is -0.537. The number of ether oxygens (including phenoxy) is 1. The molecule has 1 rings (SSSR count). The third kappa shape index (κ3) is 3.51. The van der Waals surface area contributed by atoms with Crippen molar-refractivity contribution in [2.45, 2.75) is 26.4 Å². The van der Waals surface area contributed by atoms with E-state index in [1.807, 2.05) is 20.8 Å². The first-order chi connectivity index (χ1) is 8.24. The van der Waals surface area contributed by atoms with Gasteiger partial charge in [-0.25, -0.2) is 9.78 Å². The van der Waals surface area contributed by atoms with Crippen LogP contribution in [0.15, 0.2) is 12.3 Å². The Hall–Kier alpha value is -1.98. The molecular weight excluding hydrogens is 232 g/mol. The minimum absolute atomic E-state index is 0.457. The molecule has 0 aliphatic rings. The average Bonchev–Trinajstić information content (AvgIpc) is 2.26. The minimum Gasteiger partial charge on any atom is -0.443 e. The van der Waals surface area contributed by atoms with Crippen LogP contribution in [0.5, 0.6) is 0 Å². The molecule has 1 aromatic heterocycles. The molecule has 100 valence electrons. The van der Waals surface area contributed by atoms with Gasteiger partial charge in [-0.05, 0) is 20.8 Å². The fraction of sp³-hybridized carbons (Fsp3) is 0.500. The molecule has 3 N–H and O–H groups in total. The SMILES string of the molecule is CNc1cc(N(C)C(=O)OC(C)(C)C)ncc1N. The standard InChI is InChI=1S/C12H20N4O2/c1-12(2,3)18-11(17)16(5)10-6-9(14-4)8(13)7-15-10/h6-7H,13H2,1-5H3,(H,14,15). The summed E-state index contributed by atoms with van der Waals surface area (Å²) in [6.07, 6.45) is 1.05. The summed E-state index contributed by atoms with van der Waals surface area (Å²) in [7, 11) is 3.36. The molecule has 1 amide bonds. The summed E-state index contributed by atoms with van der Waals surface area (Å²) in [5.41, 5.74) is 6.43. The van der Waals surface area contributed by atoms with Gasteiger partial charge in [-0.3, -0.25) is 4.90 Å². The third-order valence-corrected chi connectivity index (χ3v) is 2.20. The first-order valence-corrected chi connectivity index (χ1v) is 5.64. The molecule has 0 saturated carbocycles. The van der Waals surface area contributed by atoms with Crippen LogP contribution in [0.25, 0.3) is 0 Å². The van der Waals surface area contributed by atoms with Crippen molar-refractivity contribution >= 4 is 23.3 Å². The van der Waals surface area contributed by atoms with Crippen LogP contribution < -0.4 is 16.0 Å². The Labute approximate surface area is 107 Å². The lowest BCUT2D eigenvalue weighted by Gasteiger charge is -2.24. The number of anilines is 3. The van der Waals surface area contributed by atoms with Crippen LogP contribution >= 0.6 is 0 Å². The number of hydrogen-bond donors (Lipinski definition) is 2. The average molecular weight is 252 g/mol. The quantitative estimate of drug-likeness (QED) is 0.842. The van der Waals surface area contributed by atoms with Gasteiger partial charge in [0.25, 0.3) is 0 Å². The molecule has 0 radical (unpaired) electrons. The van der Waals surface area contributed by atoms with Gasteiger partial charge >= 0.3 is 6.09 Å². The summed E-state index contributed by atoms with van der Waals surface area (Å²) in [6, 6.07) is 1.69. The van der Waals surface area contributed by atoms with E-state index in [2.05, 4.69) is 10.3 Å². The maximum atomic E-state index is 11.9. The van der Waals surface area contributed by atoms with E-state index in [1.165, 1.54) is 11.1 Å². The second kappa shape index (κ2) is 5.12. The number of amides is 1. The number of nitrogen functional groups attached to an aromatic ring is 1. The van der Waals surface area contributed by atoms with Gasteiger partial charge in [-0.2, -0.15) is 0 Å². The van der Waals surface area contributed by atoms with Crippen LogP contribution in [0.3, 0.4) is 0 Å². The van der Waals surface area contributed by atoms with Gasteiger partial charge in [0.05, 0.1) is 17.6 Å². The van der Waals surface area contributed by atoms with Crippen LogP contribution in [-0.4, -0.2) is 30.8 Å². The number of rotatable bonds is 2. The van der Waals surface area contributed by atoms with Crippen LogP contribution in [0.1, 0.15) is 20.8 Å². The van der Waals surface area contributed by atoms with Gasteiger partial charge in [0.1, 0.15) is 11.4 Å². The van der Waals surface area contributed by atoms with Gasteiger partial charge in [0.2, 0.25) is 0 Å². The number of hydrogen-bond acceptors (Lipinski definition) is 5. The largest absolute Gasteiger partial charge is 0.443 e. The Morgan fingerprint density at radius 1 is 1.50 bits per heavy atom. The first-order valence-electron chi connectivity index (χ1n) is 5.64. The van der Waals surface area contributed by atoms with Crippen LogP contribution in [0, 0.1) is 0 Å². The maximum absolute atomic E-state index is 11.9. The molecule has 0 aromatic carbocycles. The Balaban J connectivity index is 2.90. The zero-order valence-electron chi connectivity index (χ0n) is 11.4. The van der Waals surface area contributed by atoms with Crippen LogP contribution in [0.2, 0.25) is 0 Å². The molecule has 0 aliphatic heterocycles. The molecule has 0 atom stereocenters. The zero-order valence-corrected chi connectivity index (χ0v) is 11.4. The lowest BCUT2D eigenvalue weighted by Crippen LogP contribution is -2.34. The molecule has 0 saturated heterocycles. The monoisotopic (exact) mass is 252 g/mol. The number of aromatic nitrogens is 1. The number of nitrogens with two attached hydrogens (primary N) is 1. The van der Waals surface area contributed by atoms with Crippen molar-refractivity contribution in [1.29, 1.82) is 0 Å². The van der Waals surface area contributed by atoms with Crippen molar-refractivity contribution in [3.8, 4) is 0 Å². The van der Waals surface area contributed by atoms with Crippen LogP contribution in [-0.2, 0) is 4.74 Å². The molecule has 0 bridgehead atoms. The second-order valence-corrected chi connectivity index (χ2v) is 4.92. The smallest absolute Gasteiger partial charge is 0.415 e. The molecule has 18 heavy (non-hydrogen) atoms. The predicted molar refractivity (Wildman–Crippen MR) is 72.8 cm³/mol. The van der Waals surface area contributed by atoms with Crippen molar-refractivity contribution in [1.82, 2.24) is 4.98 Å². The lowest BCUT2D eigenvalue weighted by molar-refractivity contribution is 0.0588. The molecule has 1 heterocycles. The Bertz CT molecular complexity index is 440. The first kappa shape index (κ1) is 14.1. The highest BCUT2D eigenvalue weighted by atomic mass is 16.6. The van der Waals surface area contributed by atoms with Gasteiger partial charge < -0.3 is 15.8 Å². The highest BCUT2D eigenvalue weighted by molar-refractivity contribution is 5.87. The molecular formula is C12H20N4O2. The molecule has 0 spiro atoms. The molecule has 1 aromatic rings. The molecule has 6 heteroatoms. The van der Waals surface area contributed by atoms with Crippen LogP contribution in [0.4, 0.5) is 22.0 Å². The van der Waals surface area contributed by atoms with Crippen molar-refractivity contribution < 1.29 is 9.53 Å². The zero-order chi connectivity index (χ0) is 13.9. The van der Waals surface area contributed by atoms with Gasteiger partial charge in [0, 0.05) is 20.2 Å². The van der Waals surface area contributed by atoms with E-state index >= 15 is 0 Å². The number of carbonyl (C=O) groups excluding carboxylic acids is 1. The Morgan fingerprint density at radius 3 is 2.61 bits per heavy atom. The van der Waals surface area contributed by atoms with Crippen molar-refractivity contribution in [3.63, 3.8) is 0 Å². The lowest BCUT2D eigenvalue weighted by atomic mass is 10.2. The molecule has 6 nitrogen and oxygen atoms in total. The number of nitrogens with zero attached hydrogens (tertiary/aromatic N) is 2. The van der Waals surface area contributed by atoms with E-state index in [0.29, 0.717) is 11.5 Å². The fourth-order valence-corrected chi connectivity index (χ4v) is 1.28. The highest BCUT2D eigenvalue weighted by Crippen LogP contribution is 2.22. The summed E-state index contributed by atoms with van der Waals surface area (Å²) in [6.45, 7) is 5.44. The topological polar surface area (TPSA) is 80.5 Å². The maximum Gasteiger partial charge on any atom is 0.415 e. The van der Waals surface area contributed by atoms with Crippen molar-refractivity contribution in [3.05, 3.63) is 12.3 Å². The van der Waals surface area contributed by atoms with Gasteiger partial charge in [-0.15, -0.1) is 0 Å². The summed E-state index contributed by atoms with van der Waals surface area (Å²) in [5, 5.41) is 2.93. The summed E-state index contributed by atoms with van der Waals surface area (Å²) >= 11 is 0. The van der Waals surface area contributed by atoms with Gasteiger partial charge in [0.15, 0.2) is 0 Å². The molecule has 0 aliphatic carbocycles. The summed E-state index contributed by atoms with van der Waals surface area (Å²) < 4.78 is 5.25. The summed E-state index contributed by atoms with van der Waals surface area (Å²) in [5.74, 6) is 0.475. The highest BCUT2D eigenvalue weighted by Gasteiger charge is 2.21. The van der Waals surface area contributed by atoms with E-state index in [4.69, 9.17) is 10.5 Å². The second-order valence-electron chi connectivity index (χ2n) is 4.92. The number of nitrogens with one attached hydrogen (secondary N) is 1. The molecule has 0 fully saturated rings. The third-order valence-electron chi connectivity index (χ3n) is 2.20. The van der Waals surface area contributed by atoms with E-state index < -0.39 is 11.7 Å². The normalized spacial score (nSPS) is 10.9. The van der Waals surface area contributed by atoms with Crippen molar-refractivity contribution in [2.24, 2.45) is 0 Å². The fourth-order valence-electron chi connectivity index (χ4n) is 1.28. The van der Waals surface area contributed by atoms with E-state index in [-0.39, 0.29) is 0 Å². The summed E-state index contributed by atoms with van der Waals surface area (Å²) in [4.78, 5) is 17.3. The number of pyridine rings is 1.